The normalized spacial score (nSPS) is 20.8. The fourth-order valence-electron chi connectivity index (χ4n) is 4.35. The molecule has 2 amide bonds. The summed E-state index contributed by atoms with van der Waals surface area (Å²) < 4.78 is 5.26. The van der Waals surface area contributed by atoms with E-state index < -0.39 is 17.8 Å². The Morgan fingerprint density at radius 3 is 2.66 bits per heavy atom. The molecule has 2 aliphatic carbocycles. The molecule has 0 saturated heterocycles. The maximum atomic E-state index is 12.9. The van der Waals surface area contributed by atoms with Crippen LogP contribution in [0.3, 0.4) is 0 Å². The molecule has 0 radical (unpaired) electrons. The highest BCUT2D eigenvalue weighted by atomic mass is 32.1. The molecule has 1 saturated carbocycles. The van der Waals surface area contributed by atoms with E-state index in [2.05, 4.69) is 10.6 Å². The third-order valence-electron chi connectivity index (χ3n) is 5.81. The minimum Gasteiger partial charge on any atom is -0.481 e. The predicted molar refractivity (Wildman–Crippen MR) is 108 cm³/mol. The van der Waals surface area contributed by atoms with Gasteiger partial charge in [-0.3, -0.25) is 14.4 Å². The number of carbonyl (C=O) groups is 3. The van der Waals surface area contributed by atoms with Crippen molar-refractivity contribution >= 4 is 34.1 Å². The quantitative estimate of drug-likeness (QED) is 0.667. The largest absolute Gasteiger partial charge is 0.481 e. The fraction of sp³-hybridized carbons (Fsp3) is 0.476. The number of fused-ring (bicyclic) bond motifs is 1. The summed E-state index contributed by atoms with van der Waals surface area (Å²) in [6, 6.07) is 3.55. The molecule has 29 heavy (non-hydrogen) atoms. The van der Waals surface area contributed by atoms with E-state index in [1.807, 2.05) is 0 Å². The van der Waals surface area contributed by atoms with E-state index in [1.165, 1.54) is 11.3 Å². The second-order valence-electron chi connectivity index (χ2n) is 7.65. The summed E-state index contributed by atoms with van der Waals surface area (Å²) in [4.78, 5) is 38.5. The molecule has 3 N–H and O–H groups in total. The maximum absolute atomic E-state index is 12.9. The summed E-state index contributed by atoms with van der Waals surface area (Å²) in [5.74, 6) is -2.02. The molecule has 1 fully saturated rings. The highest BCUT2D eigenvalue weighted by molar-refractivity contribution is 7.17. The van der Waals surface area contributed by atoms with Crippen molar-refractivity contribution in [3.8, 4) is 0 Å². The standard InChI is InChI=1S/C21H24N2O5S/c24-18(13-6-1-2-7-14(13)21(26)27)23-20-17(15-8-3-9-16(15)29-20)19(25)22-11-12-5-4-10-28-12/h4-5,10,13-14H,1-3,6-9,11H2,(H,22,25)(H,23,24)(H,26,27). The maximum Gasteiger partial charge on any atom is 0.307 e. The van der Waals surface area contributed by atoms with Crippen molar-refractivity contribution in [2.75, 3.05) is 5.32 Å². The van der Waals surface area contributed by atoms with E-state index in [0.717, 1.165) is 42.5 Å². The van der Waals surface area contributed by atoms with Crippen LogP contribution in [0.15, 0.2) is 22.8 Å². The molecule has 0 bridgehead atoms. The van der Waals surface area contributed by atoms with Gasteiger partial charge < -0.3 is 20.2 Å². The highest BCUT2D eigenvalue weighted by Gasteiger charge is 2.37. The van der Waals surface area contributed by atoms with Crippen molar-refractivity contribution in [2.45, 2.75) is 51.5 Å². The zero-order valence-electron chi connectivity index (χ0n) is 16.0. The third-order valence-corrected chi connectivity index (χ3v) is 7.02. The molecule has 2 aliphatic rings. The molecule has 0 spiro atoms. The lowest BCUT2D eigenvalue weighted by Crippen LogP contribution is -2.36. The van der Waals surface area contributed by atoms with E-state index in [0.29, 0.717) is 29.2 Å². The van der Waals surface area contributed by atoms with Gasteiger partial charge in [0.15, 0.2) is 0 Å². The lowest BCUT2D eigenvalue weighted by molar-refractivity contribution is -0.147. The summed E-state index contributed by atoms with van der Waals surface area (Å²) in [5, 5.41) is 15.8. The SMILES string of the molecule is O=C(NCc1ccco1)c1c(NC(=O)C2CCCCC2C(=O)O)sc2c1CCC2. The minimum atomic E-state index is -0.921. The number of hydrogen-bond acceptors (Lipinski definition) is 5. The van der Waals surface area contributed by atoms with E-state index in [1.54, 1.807) is 18.4 Å². The second kappa shape index (κ2) is 8.41. The van der Waals surface area contributed by atoms with Gasteiger partial charge in [-0.05, 0) is 49.8 Å². The minimum absolute atomic E-state index is 0.241. The Morgan fingerprint density at radius 1 is 1.14 bits per heavy atom. The first-order chi connectivity index (χ1) is 14.0. The van der Waals surface area contributed by atoms with Gasteiger partial charge in [-0.25, -0.2) is 0 Å². The number of amides is 2. The van der Waals surface area contributed by atoms with Crippen LogP contribution in [-0.4, -0.2) is 22.9 Å². The van der Waals surface area contributed by atoms with Gasteiger partial charge >= 0.3 is 5.97 Å². The molecule has 2 aromatic rings. The van der Waals surface area contributed by atoms with Crippen LogP contribution in [0, 0.1) is 11.8 Å². The van der Waals surface area contributed by atoms with Crippen molar-refractivity contribution in [1.29, 1.82) is 0 Å². The molecule has 2 aromatic heterocycles. The topological polar surface area (TPSA) is 109 Å². The Bertz CT molecular complexity index is 918. The lowest BCUT2D eigenvalue weighted by Gasteiger charge is -2.27. The first kappa shape index (κ1) is 19.7. The second-order valence-corrected chi connectivity index (χ2v) is 8.75. The zero-order chi connectivity index (χ0) is 20.4. The Balaban J connectivity index is 1.53. The number of aryl methyl sites for hydroxylation is 1. The van der Waals surface area contributed by atoms with Crippen molar-refractivity contribution < 1.29 is 23.9 Å². The number of furan rings is 1. The molecule has 2 unspecified atom stereocenters. The number of rotatable bonds is 6. The number of anilines is 1. The summed E-state index contributed by atoms with van der Waals surface area (Å²) in [7, 11) is 0. The van der Waals surface area contributed by atoms with Crippen molar-refractivity contribution in [3.05, 3.63) is 40.2 Å². The Kier molecular flexibility index (Phi) is 5.71. The molecule has 0 aromatic carbocycles. The predicted octanol–water partition coefficient (Wildman–Crippen LogP) is 3.59. The molecule has 154 valence electrons. The summed E-state index contributed by atoms with van der Waals surface area (Å²) in [6.45, 7) is 0.271. The molecule has 0 aliphatic heterocycles. The number of nitrogens with one attached hydrogen (secondary N) is 2. The Hall–Kier alpha value is -2.61. The fourth-order valence-corrected chi connectivity index (χ4v) is 5.64. The van der Waals surface area contributed by atoms with Gasteiger partial charge in [0, 0.05) is 4.88 Å². The number of carboxylic acids is 1. The van der Waals surface area contributed by atoms with E-state index >= 15 is 0 Å². The van der Waals surface area contributed by atoms with E-state index in [9.17, 15) is 19.5 Å². The monoisotopic (exact) mass is 416 g/mol. The molecule has 2 atom stereocenters. The van der Waals surface area contributed by atoms with Crippen molar-refractivity contribution in [1.82, 2.24) is 5.32 Å². The number of aliphatic carboxylic acids is 1. The average molecular weight is 416 g/mol. The lowest BCUT2D eigenvalue weighted by atomic mass is 9.79. The molecule has 8 heteroatoms. The molecule has 2 heterocycles. The smallest absolute Gasteiger partial charge is 0.307 e. The number of hydrogen-bond donors (Lipinski definition) is 3. The van der Waals surface area contributed by atoms with Crippen molar-refractivity contribution in [2.24, 2.45) is 11.8 Å². The zero-order valence-corrected chi connectivity index (χ0v) is 16.8. The van der Waals surface area contributed by atoms with Crippen LogP contribution in [0.4, 0.5) is 5.00 Å². The van der Waals surface area contributed by atoms with Gasteiger partial charge in [0.25, 0.3) is 5.91 Å². The molecular formula is C21H24N2O5S. The van der Waals surface area contributed by atoms with Gasteiger partial charge in [0.1, 0.15) is 10.8 Å². The number of carboxylic acid groups (broad SMARTS) is 1. The summed E-state index contributed by atoms with van der Waals surface area (Å²) >= 11 is 1.44. The summed E-state index contributed by atoms with van der Waals surface area (Å²) in [5.41, 5.74) is 1.52. The molecule has 7 nitrogen and oxygen atoms in total. The van der Waals surface area contributed by atoms with Gasteiger partial charge in [-0.2, -0.15) is 0 Å². The van der Waals surface area contributed by atoms with E-state index in [4.69, 9.17) is 4.42 Å². The van der Waals surface area contributed by atoms with Gasteiger partial charge in [-0.15, -0.1) is 11.3 Å². The van der Waals surface area contributed by atoms with Gasteiger partial charge in [-0.1, -0.05) is 12.8 Å². The molecule has 4 rings (SSSR count). The number of thiophene rings is 1. The average Bonchev–Trinajstić information content (AvgIpc) is 3.43. The molecular weight excluding hydrogens is 392 g/mol. The van der Waals surface area contributed by atoms with Crippen LogP contribution in [0.25, 0.3) is 0 Å². The van der Waals surface area contributed by atoms with Gasteiger partial charge in [0.2, 0.25) is 5.91 Å². The van der Waals surface area contributed by atoms with Crippen LogP contribution >= 0.6 is 11.3 Å². The Morgan fingerprint density at radius 2 is 1.93 bits per heavy atom. The van der Waals surface area contributed by atoms with E-state index in [-0.39, 0.29) is 18.4 Å². The van der Waals surface area contributed by atoms with Crippen molar-refractivity contribution in [3.63, 3.8) is 0 Å². The summed E-state index contributed by atoms with van der Waals surface area (Å²) in [6.07, 6.45) is 7.02. The third kappa shape index (κ3) is 4.07. The van der Waals surface area contributed by atoms with Gasteiger partial charge in [0.05, 0.1) is 30.2 Å². The van der Waals surface area contributed by atoms with Crippen LogP contribution in [0.1, 0.15) is 58.7 Å². The first-order valence-corrected chi connectivity index (χ1v) is 10.8. The van der Waals surface area contributed by atoms with Crippen LogP contribution in [0.5, 0.6) is 0 Å². The number of carbonyl (C=O) groups excluding carboxylic acids is 2. The van der Waals surface area contributed by atoms with Crippen LogP contribution in [0.2, 0.25) is 0 Å². The van der Waals surface area contributed by atoms with Crippen LogP contribution in [-0.2, 0) is 29.0 Å². The Labute approximate surface area is 172 Å². The van der Waals surface area contributed by atoms with Crippen LogP contribution < -0.4 is 10.6 Å². The highest BCUT2D eigenvalue weighted by Crippen LogP contribution is 2.40. The first-order valence-electron chi connectivity index (χ1n) is 10.0.